The first-order valence-electron chi connectivity index (χ1n) is 10.8. The Hall–Kier alpha value is -1.65. The van der Waals surface area contributed by atoms with Crippen molar-refractivity contribution in [2.45, 2.75) is 51.7 Å². The van der Waals surface area contributed by atoms with Gasteiger partial charge in [-0.2, -0.15) is 0 Å². The number of rotatable bonds is 6. The van der Waals surface area contributed by atoms with Crippen LogP contribution in [-0.4, -0.2) is 41.8 Å². The monoisotopic (exact) mass is 383 g/mol. The Morgan fingerprint density at radius 2 is 2.11 bits per heavy atom. The molecule has 1 heterocycles. The predicted octanol–water partition coefficient (Wildman–Crippen LogP) is 3.80. The highest BCUT2D eigenvalue weighted by molar-refractivity contribution is 5.75. The lowest BCUT2D eigenvalue weighted by molar-refractivity contribution is -0.146. The zero-order chi connectivity index (χ0) is 19.7. The molecule has 1 aliphatic heterocycles. The minimum absolute atomic E-state index is 0.0427. The number of fused-ring (bicyclic) bond motifs is 2. The number of benzene rings is 1. The highest BCUT2D eigenvalue weighted by Crippen LogP contribution is 2.56. The van der Waals surface area contributed by atoms with Crippen LogP contribution >= 0.6 is 0 Å². The molecule has 2 aliphatic carbocycles. The quantitative estimate of drug-likeness (QED) is 0.600. The molecule has 5 unspecified atom stereocenters. The fourth-order valence-electron chi connectivity index (χ4n) is 5.96. The molecular weight excluding hydrogens is 350 g/mol. The van der Waals surface area contributed by atoms with Crippen molar-refractivity contribution in [2.75, 3.05) is 19.7 Å². The van der Waals surface area contributed by atoms with Gasteiger partial charge in [-0.3, -0.25) is 9.69 Å². The highest BCUT2D eigenvalue weighted by Gasteiger charge is 2.55. The van der Waals surface area contributed by atoms with Crippen molar-refractivity contribution in [1.29, 1.82) is 0 Å². The molecule has 28 heavy (non-hydrogen) atoms. The van der Waals surface area contributed by atoms with Gasteiger partial charge in [0.2, 0.25) is 0 Å². The number of ether oxygens (including phenoxy) is 1. The molecule has 1 aromatic rings. The molecule has 1 aromatic carbocycles. The van der Waals surface area contributed by atoms with Crippen molar-refractivity contribution in [1.82, 2.24) is 4.90 Å². The molecule has 1 saturated heterocycles. The minimum Gasteiger partial charge on any atom is -0.462 e. The number of nitrogens with zero attached hydrogens (tertiary/aromatic N) is 1. The van der Waals surface area contributed by atoms with Gasteiger partial charge in [-0.1, -0.05) is 49.4 Å². The second kappa shape index (κ2) is 8.00. The molecule has 0 radical (unpaired) electrons. The summed E-state index contributed by atoms with van der Waals surface area (Å²) in [5, 5.41) is 9.54. The van der Waals surface area contributed by atoms with Gasteiger partial charge < -0.3 is 9.84 Å². The van der Waals surface area contributed by atoms with Gasteiger partial charge in [0.15, 0.2) is 0 Å². The Labute approximate surface area is 168 Å². The largest absolute Gasteiger partial charge is 0.462 e. The van der Waals surface area contributed by atoms with Crippen LogP contribution in [0.1, 0.15) is 44.6 Å². The first-order chi connectivity index (χ1) is 13.5. The van der Waals surface area contributed by atoms with Crippen molar-refractivity contribution in [3.63, 3.8) is 0 Å². The normalized spacial score (nSPS) is 34.8. The molecule has 3 aliphatic rings. The topological polar surface area (TPSA) is 49.8 Å². The highest BCUT2D eigenvalue weighted by atomic mass is 16.6. The lowest BCUT2D eigenvalue weighted by atomic mass is 9.55. The van der Waals surface area contributed by atoms with Gasteiger partial charge >= 0.3 is 5.97 Å². The van der Waals surface area contributed by atoms with Gasteiger partial charge in [-0.25, -0.2) is 0 Å². The molecule has 4 nitrogen and oxygen atoms in total. The average Bonchev–Trinajstić information content (AvgIpc) is 2.95. The van der Waals surface area contributed by atoms with Crippen LogP contribution in [0.25, 0.3) is 0 Å². The predicted molar refractivity (Wildman–Crippen MR) is 109 cm³/mol. The second-order valence-corrected chi connectivity index (χ2v) is 9.35. The third-order valence-corrected chi connectivity index (χ3v) is 7.44. The van der Waals surface area contributed by atoms with Crippen LogP contribution in [0, 0.1) is 23.2 Å². The van der Waals surface area contributed by atoms with Gasteiger partial charge in [0.05, 0.1) is 12.5 Å². The van der Waals surface area contributed by atoms with Gasteiger partial charge in [0.25, 0.3) is 0 Å². The molecule has 2 saturated carbocycles. The molecule has 5 atom stereocenters. The van der Waals surface area contributed by atoms with Crippen molar-refractivity contribution in [3.05, 3.63) is 48.0 Å². The summed E-state index contributed by atoms with van der Waals surface area (Å²) < 4.78 is 5.90. The fraction of sp³-hybridized carbons (Fsp3) is 0.625. The van der Waals surface area contributed by atoms with E-state index >= 15 is 0 Å². The number of allylic oxidation sites excluding steroid dienone is 1. The van der Waals surface area contributed by atoms with Crippen molar-refractivity contribution in [3.8, 4) is 0 Å². The van der Waals surface area contributed by atoms with E-state index in [0.717, 1.165) is 25.8 Å². The maximum absolute atomic E-state index is 12.8. The average molecular weight is 384 g/mol. The first-order valence-corrected chi connectivity index (χ1v) is 10.8. The molecule has 4 heteroatoms. The van der Waals surface area contributed by atoms with Crippen LogP contribution in [0.15, 0.2) is 42.5 Å². The van der Waals surface area contributed by atoms with Gasteiger partial charge in [-0.05, 0) is 49.0 Å². The van der Waals surface area contributed by atoms with Crippen molar-refractivity contribution in [2.24, 2.45) is 23.2 Å². The fourth-order valence-corrected chi connectivity index (χ4v) is 5.96. The summed E-state index contributed by atoms with van der Waals surface area (Å²) in [6.07, 6.45) is 5.60. The van der Waals surface area contributed by atoms with Crippen LogP contribution in [0.4, 0.5) is 0 Å². The Morgan fingerprint density at radius 3 is 2.86 bits per heavy atom. The van der Waals surface area contributed by atoms with Crippen LogP contribution in [-0.2, 0) is 16.1 Å². The minimum atomic E-state index is -0.0976. The summed E-state index contributed by atoms with van der Waals surface area (Å²) in [7, 11) is 0. The molecule has 0 spiro atoms. The van der Waals surface area contributed by atoms with E-state index in [-0.39, 0.29) is 35.9 Å². The lowest BCUT2D eigenvalue weighted by Gasteiger charge is -2.50. The summed E-state index contributed by atoms with van der Waals surface area (Å²) in [5.74, 6) is 0.649. The van der Waals surface area contributed by atoms with E-state index in [1.54, 1.807) is 0 Å². The van der Waals surface area contributed by atoms with E-state index in [4.69, 9.17) is 4.74 Å². The molecule has 152 valence electrons. The summed E-state index contributed by atoms with van der Waals surface area (Å²) in [4.78, 5) is 15.0. The van der Waals surface area contributed by atoms with E-state index in [1.807, 2.05) is 18.2 Å². The number of carbonyl (C=O) groups is 1. The number of aliphatic hydroxyl groups is 1. The van der Waals surface area contributed by atoms with Crippen LogP contribution in [0.2, 0.25) is 0 Å². The Balaban J connectivity index is 1.49. The molecule has 1 N–H and O–H groups in total. The zero-order valence-corrected chi connectivity index (χ0v) is 17.0. The standard InChI is InChI=1S/C24H33NO3/c1-17-7-6-10-24(2)14-22-19(13-21(17)24)20(23(27)28-22)16-25(11-12-26)15-18-8-4-3-5-9-18/h3-5,8-9,19-22,26H,1,6-7,10-16H2,2H3. The number of esters is 1. The van der Waals surface area contributed by atoms with Crippen molar-refractivity contribution >= 4 is 5.97 Å². The summed E-state index contributed by atoms with van der Waals surface area (Å²) >= 11 is 0. The van der Waals surface area contributed by atoms with Crippen LogP contribution < -0.4 is 0 Å². The lowest BCUT2D eigenvalue weighted by Crippen LogP contribution is -2.45. The van der Waals surface area contributed by atoms with Crippen LogP contribution in [0.3, 0.4) is 0 Å². The SMILES string of the molecule is C=C1CCCC2(C)CC3OC(=O)C(CN(CCO)Cc4ccccc4)C3CC12. The summed E-state index contributed by atoms with van der Waals surface area (Å²) in [6, 6.07) is 10.3. The van der Waals surface area contributed by atoms with E-state index in [9.17, 15) is 9.90 Å². The van der Waals surface area contributed by atoms with E-state index in [2.05, 4.69) is 30.5 Å². The Kier molecular flexibility index (Phi) is 5.62. The maximum atomic E-state index is 12.8. The number of hydrogen-bond donors (Lipinski definition) is 1. The van der Waals surface area contributed by atoms with Crippen molar-refractivity contribution < 1.29 is 14.6 Å². The first kappa shape index (κ1) is 19.7. The van der Waals surface area contributed by atoms with Gasteiger partial charge in [0, 0.05) is 25.6 Å². The van der Waals surface area contributed by atoms with E-state index < -0.39 is 0 Å². The van der Waals surface area contributed by atoms with Crippen LogP contribution in [0.5, 0.6) is 0 Å². The zero-order valence-electron chi connectivity index (χ0n) is 17.0. The summed E-state index contributed by atoms with van der Waals surface area (Å²) in [6.45, 7) is 8.82. The summed E-state index contributed by atoms with van der Waals surface area (Å²) in [5.41, 5.74) is 2.82. The number of carbonyl (C=O) groups excluding carboxylic acids is 1. The van der Waals surface area contributed by atoms with Gasteiger partial charge in [-0.15, -0.1) is 0 Å². The molecule has 3 fully saturated rings. The second-order valence-electron chi connectivity index (χ2n) is 9.35. The Morgan fingerprint density at radius 1 is 1.32 bits per heavy atom. The smallest absolute Gasteiger partial charge is 0.310 e. The molecule has 0 aromatic heterocycles. The third-order valence-electron chi connectivity index (χ3n) is 7.44. The molecular formula is C24H33NO3. The molecule has 0 amide bonds. The van der Waals surface area contributed by atoms with E-state index in [1.165, 1.54) is 24.0 Å². The maximum Gasteiger partial charge on any atom is 0.310 e. The van der Waals surface area contributed by atoms with E-state index in [0.29, 0.717) is 19.0 Å². The number of hydrogen-bond acceptors (Lipinski definition) is 4. The Bertz CT molecular complexity index is 718. The number of aliphatic hydroxyl groups excluding tert-OH is 1. The molecule has 4 rings (SSSR count). The third kappa shape index (κ3) is 3.77. The molecule has 0 bridgehead atoms. The van der Waals surface area contributed by atoms with Gasteiger partial charge in [0.1, 0.15) is 6.10 Å².